The van der Waals surface area contributed by atoms with Crippen molar-refractivity contribution in [2.24, 2.45) is 0 Å². The third-order valence-electron chi connectivity index (χ3n) is 3.70. The van der Waals surface area contributed by atoms with Gasteiger partial charge in [0, 0.05) is 4.47 Å². The van der Waals surface area contributed by atoms with E-state index in [4.69, 9.17) is 4.74 Å². The SMILES string of the molecule is COc1ccc(Br)cc1NC1CCc2cc(O)ccc21. The summed E-state index contributed by atoms with van der Waals surface area (Å²) >= 11 is 3.49. The van der Waals surface area contributed by atoms with Gasteiger partial charge in [-0.25, -0.2) is 0 Å². The molecule has 20 heavy (non-hydrogen) atoms. The van der Waals surface area contributed by atoms with Crippen molar-refractivity contribution in [2.45, 2.75) is 18.9 Å². The monoisotopic (exact) mass is 333 g/mol. The van der Waals surface area contributed by atoms with Gasteiger partial charge in [-0.15, -0.1) is 0 Å². The molecule has 1 unspecified atom stereocenters. The summed E-state index contributed by atoms with van der Waals surface area (Å²) in [4.78, 5) is 0. The second-order valence-electron chi connectivity index (χ2n) is 4.96. The number of aryl methyl sites for hydroxylation is 1. The molecule has 1 atom stereocenters. The summed E-state index contributed by atoms with van der Waals surface area (Å²) in [5.74, 6) is 1.17. The van der Waals surface area contributed by atoms with Crippen LogP contribution in [0, 0.1) is 0 Å². The minimum Gasteiger partial charge on any atom is -0.508 e. The maximum atomic E-state index is 9.54. The zero-order valence-electron chi connectivity index (χ0n) is 11.2. The quantitative estimate of drug-likeness (QED) is 0.881. The van der Waals surface area contributed by atoms with Crippen LogP contribution in [0.1, 0.15) is 23.6 Å². The number of phenols is 1. The normalized spacial score (nSPS) is 16.8. The number of rotatable bonds is 3. The van der Waals surface area contributed by atoms with Gasteiger partial charge in [-0.2, -0.15) is 0 Å². The number of anilines is 1. The summed E-state index contributed by atoms with van der Waals surface area (Å²) in [6, 6.07) is 11.8. The topological polar surface area (TPSA) is 41.5 Å². The highest BCUT2D eigenvalue weighted by Gasteiger charge is 2.23. The molecule has 1 aliphatic rings. The van der Waals surface area contributed by atoms with Crippen molar-refractivity contribution in [1.82, 2.24) is 0 Å². The van der Waals surface area contributed by atoms with Gasteiger partial charge in [0.2, 0.25) is 0 Å². The number of ether oxygens (including phenoxy) is 1. The van der Waals surface area contributed by atoms with Gasteiger partial charge in [0.05, 0.1) is 18.8 Å². The lowest BCUT2D eigenvalue weighted by atomic mass is 10.1. The average Bonchev–Trinajstić information content (AvgIpc) is 2.81. The van der Waals surface area contributed by atoms with Crippen molar-refractivity contribution in [3.63, 3.8) is 0 Å². The molecular weight excluding hydrogens is 318 g/mol. The zero-order valence-corrected chi connectivity index (χ0v) is 12.8. The summed E-state index contributed by atoms with van der Waals surface area (Å²) in [5, 5.41) is 13.1. The van der Waals surface area contributed by atoms with Gasteiger partial charge in [0.1, 0.15) is 11.5 Å². The van der Waals surface area contributed by atoms with Crippen LogP contribution in [-0.4, -0.2) is 12.2 Å². The molecule has 0 fully saturated rings. The fourth-order valence-electron chi connectivity index (χ4n) is 2.73. The lowest BCUT2D eigenvalue weighted by Crippen LogP contribution is -2.08. The number of phenolic OH excluding ortho intramolecular Hbond substituents is 1. The minimum absolute atomic E-state index is 0.258. The molecule has 2 N–H and O–H groups in total. The predicted octanol–water partition coefficient (Wildman–Crippen LogP) is 4.26. The number of benzene rings is 2. The number of halogens is 1. The van der Waals surface area contributed by atoms with E-state index >= 15 is 0 Å². The molecule has 0 spiro atoms. The van der Waals surface area contributed by atoms with Gasteiger partial charge in [0.25, 0.3) is 0 Å². The summed E-state index contributed by atoms with van der Waals surface area (Å²) in [7, 11) is 1.68. The third kappa shape index (κ3) is 2.48. The molecule has 0 aliphatic heterocycles. The molecular formula is C16H16BrNO2. The Hall–Kier alpha value is -1.68. The van der Waals surface area contributed by atoms with Gasteiger partial charge >= 0.3 is 0 Å². The Morgan fingerprint density at radius 2 is 2.10 bits per heavy atom. The highest BCUT2D eigenvalue weighted by molar-refractivity contribution is 9.10. The molecule has 2 aromatic rings. The van der Waals surface area contributed by atoms with Crippen LogP contribution in [0.5, 0.6) is 11.5 Å². The first-order valence-electron chi connectivity index (χ1n) is 6.59. The molecule has 0 saturated carbocycles. The van der Waals surface area contributed by atoms with E-state index < -0.39 is 0 Å². The van der Waals surface area contributed by atoms with E-state index in [0.717, 1.165) is 28.8 Å². The van der Waals surface area contributed by atoms with E-state index in [1.165, 1.54) is 11.1 Å². The fourth-order valence-corrected chi connectivity index (χ4v) is 3.10. The summed E-state index contributed by atoms with van der Waals surface area (Å²) < 4.78 is 6.41. The fraction of sp³-hybridized carbons (Fsp3) is 0.250. The first-order chi connectivity index (χ1) is 9.67. The van der Waals surface area contributed by atoms with Crippen LogP contribution in [0.3, 0.4) is 0 Å². The van der Waals surface area contributed by atoms with Crippen LogP contribution in [0.25, 0.3) is 0 Å². The van der Waals surface area contributed by atoms with Crippen LogP contribution in [0.15, 0.2) is 40.9 Å². The van der Waals surface area contributed by atoms with Crippen molar-refractivity contribution in [3.8, 4) is 11.5 Å². The second-order valence-corrected chi connectivity index (χ2v) is 5.88. The summed E-state index contributed by atoms with van der Waals surface area (Å²) in [6.07, 6.45) is 2.01. The number of nitrogens with one attached hydrogen (secondary N) is 1. The Bertz CT molecular complexity index is 642. The Kier molecular flexibility index (Phi) is 3.57. The molecule has 0 heterocycles. The Balaban J connectivity index is 1.89. The number of fused-ring (bicyclic) bond motifs is 1. The standard InChI is InChI=1S/C16H16BrNO2/c1-20-16-7-3-11(17)9-15(16)18-14-6-2-10-8-12(19)4-5-13(10)14/h3-5,7-9,14,18-19H,2,6H2,1H3. The highest BCUT2D eigenvalue weighted by atomic mass is 79.9. The van der Waals surface area contributed by atoms with Crippen LogP contribution in [0.2, 0.25) is 0 Å². The Morgan fingerprint density at radius 3 is 2.90 bits per heavy atom. The van der Waals surface area contributed by atoms with Crippen LogP contribution in [-0.2, 0) is 6.42 Å². The maximum absolute atomic E-state index is 9.54. The molecule has 104 valence electrons. The molecule has 4 heteroatoms. The maximum Gasteiger partial charge on any atom is 0.142 e. The minimum atomic E-state index is 0.258. The van der Waals surface area contributed by atoms with Crippen LogP contribution >= 0.6 is 15.9 Å². The average molecular weight is 334 g/mol. The molecule has 0 radical (unpaired) electrons. The molecule has 0 aromatic heterocycles. The molecule has 0 saturated heterocycles. The summed E-state index contributed by atoms with van der Waals surface area (Å²) in [6.45, 7) is 0. The van der Waals surface area contributed by atoms with Gasteiger partial charge in [-0.3, -0.25) is 0 Å². The first kappa shape index (κ1) is 13.3. The smallest absolute Gasteiger partial charge is 0.142 e. The molecule has 2 aromatic carbocycles. The predicted molar refractivity (Wildman–Crippen MR) is 83.5 cm³/mol. The van der Waals surface area contributed by atoms with Crippen molar-refractivity contribution in [3.05, 3.63) is 52.0 Å². The Morgan fingerprint density at radius 1 is 1.25 bits per heavy atom. The van der Waals surface area contributed by atoms with Gasteiger partial charge in [0.15, 0.2) is 0 Å². The van der Waals surface area contributed by atoms with Crippen molar-refractivity contribution >= 4 is 21.6 Å². The molecule has 3 nitrogen and oxygen atoms in total. The number of aromatic hydroxyl groups is 1. The largest absolute Gasteiger partial charge is 0.508 e. The molecule has 3 rings (SSSR count). The number of hydrogen-bond acceptors (Lipinski definition) is 3. The van der Waals surface area contributed by atoms with E-state index in [1.807, 2.05) is 30.3 Å². The van der Waals surface area contributed by atoms with Crippen molar-refractivity contribution in [2.75, 3.05) is 12.4 Å². The van der Waals surface area contributed by atoms with E-state index in [1.54, 1.807) is 13.2 Å². The lowest BCUT2D eigenvalue weighted by Gasteiger charge is -2.18. The first-order valence-corrected chi connectivity index (χ1v) is 7.38. The third-order valence-corrected chi connectivity index (χ3v) is 4.19. The van der Waals surface area contributed by atoms with Crippen molar-refractivity contribution in [1.29, 1.82) is 0 Å². The second kappa shape index (κ2) is 5.37. The molecule has 1 aliphatic carbocycles. The van der Waals surface area contributed by atoms with Gasteiger partial charge in [-0.05, 0) is 54.3 Å². The van der Waals surface area contributed by atoms with Crippen LogP contribution in [0.4, 0.5) is 5.69 Å². The van der Waals surface area contributed by atoms with Gasteiger partial charge < -0.3 is 15.2 Å². The number of hydrogen-bond donors (Lipinski definition) is 2. The number of methoxy groups -OCH3 is 1. The van der Waals surface area contributed by atoms with Crippen molar-refractivity contribution < 1.29 is 9.84 Å². The molecule has 0 amide bonds. The van der Waals surface area contributed by atoms with E-state index in [0.29, 0.717) is 5.75 Å². The highest BCUT2D eigenvalue weighted by Crippen LogP contribution is 2.38. The summed E-state index contributed by atoms with van der Waals surface area (Å²) in [5.41, 5.74) is 3.45. The zero-order chi connectivity index (χ0) is 14.1. The molecule has 0 bridgehead atoms. The lowest BCUT2D eigenvalue weighted by molar-refractivity contribution is 0.416. The van der Waals surface area contributed by atoms with E-state index in [2.05, 4.69) is 21.2 Å². The van der Waals surface area contributed by atoms with Gasteiger partial charge in [-0.1, -0.05) is 22.0 Å². The van der Waals surface area contributed by atoms with E-state index in [9.17, 15) is 5.11 Å². The Labute approximate surface area is 126 Å². The van der Waals surface area contributed by atoms with E-state index in [-0.39, 0.29) is 6.04 Å². The van der Waals surface area contributed by atoms with Crippen LogP contribution < -0.4 is 10.1 Å².